The van der Waals surface area contributed by atoms with Crippen molar-refractivity contribution < 1.29 is 4.74 Å². The van der Waals surface area contributed by atoms with Crippen LogP contribution in [0.5, 0.6) is 5.75 Å². The summed E-state index contributed by atoms with van der Waals surface area (Å²) in [4.78, 5) is 0. The third-order valence-corrected chi connectivity index (χ3v) is 3.23. The van der Waals surface area contributed by atoms with E-state index in [9.17, 15) is 0 Å². The van der Waals surface area contributed by atoms with Crippen LogP contribution in [-0.4, -0.2) is 23.4 Å². The molecule has 19 heavy (non-hydrogen) atoms. The van der Waals surface area contributed by atoms with Gasteiger partial charge < -0.3 is 10.1 Å². The van der Waals surface area contributed by atoms with Crippen LogP contribution in [0.4, 0.5) is 0 Å². The molecule has 1 heterocycles. The van der Waals surface area contributed by atoms with E-state index in [0.717, 1.165) is 25.3 Å². The van der Waals surface area contributed by atoms with E-state index in [2.05, 4.69) is 35.5 Å². The summed E-state index contributed by atoms with van der Waals surface area (Å²) in [5.41, 5.74) is 3.69. The fourth-order valence-corrected chi connectivity index (χ4v) is 2.13. The normalized spacial score (nSPS) is 10.7. The average molecular weight is 259 g/mol. The van der Waals surface area contributed by atoms with Gasteiger partial charge in [-0.1, -0.05) is 17.7 Å². The summed E-state index contributed by atoms with van der Waals surface area (Å²) in [5, 5.41) is 7.61. The number of rotatable bonds is 6. The fourth-order valence-electron chi connectivity index (χ4n) is 2.13. The number of aryl methyl sites for hydroxylation is 2. The number of hydrogen-bond acceptors (Lipinski definition) is 3. The zero-order valence-corrected chi connectivity index (χ0v) is 11.8. The molecular formula is C15H21N3O. The average Bonchev–Trinajstić information content (AvgIpc) is 2.80. The van der Waals surface area contributed by atoms with Gasteiger partial charge in [0.2, 0.25) is 0 Å². The molecule has 0 saturated carbocycles. The van der Waals surface area contributed by atoms with Gasteiger partial charge >= 0.3 is 0 Å². The van der Waals surface area contributed by atoms with Crippen molar-refractivity contribution in [2.75, 3.05) is 13.7 Å². The van der Waals surface area contributed by atoms with Crippen molar-refractivity contribution >= 4 is 0 Å². The number of nitrogens with zero attached hydrogens (tertiary/aromatic N) is 2. The number of aromatic nitrogens is 2. The molecule has 0 aliphatic carbocycles. The van der Waals surface area contributed by atoms with Crippen LogP contribution in [0.25, 0.3) is 0 Å². The lowest BCUT2D eigenvalue weighted by molar-refractivity contribution is 0.407. The molecule has 2 aromatic rings. The molecule has 0 spiro atoms. The highest BCUT2D eigenvalue weighted by atomic mass is 16.5. The van der Waals surface area contributed by atoms with Gasteiger partial charge in [-0.05, 0) is 19.1 Å². The molecule has 0 atom stereocenters. The lowest BCUT2D eigenvalue weighted by atomic mass is 10.1. The monoisotopic (exact) mass is 259 g/mol. The van der Waals surface area contributed by atoms with Crippen LogP contribution >= 0.6 is 0 Å². The van der Waals surface area contributed by atoms with E-state index in [1.54, 1.807) is 7.11 Å². The Balaban J connectivity index is 1.86. The highest BCUT2D eigenvalue weighted by molar-refractivity contribution is 5.36. The van der Waals surface area contributed by atoms with E-state index in [1.165, 1.54) is 16.8 Å². The molecule has 0 unspecified atom stereocenters. The van der Waals surface area contributed by atoms with E-state index in [0.29, 0.717) is 0 Å². The summed E-state index contributed by atoms with van der Waals surface area (Å²) >= 11 is 0. The lowest BCUT2D eigenvalue weighted by Crippen LogP contribution is -2.18. The molecule has 0 saturated heterocycles. The zero-order valence-electron chi connectivity index (χ0n) is 11.8. The third-order valence-electron chi connectivity index (χ3n) is 3.23. The number of ether oxygens (including phenoxy) is 1. The lowest BCUT2D eigenvalue weighted by Gasteiger charge is -2.10. The minimum atomic E-state index is 0.822. The number of hydrogen-bond donors (Lipinski definition) is 1. The highest BCUT2D eigenvalue weighted by Crippen LogP contribution is 2.19. The smallest absolute Gasteiger partial charge is 0.123 e. The fraction of sp³-hybridized carbons (Fsp3) is 0.400. The van der Waals surface area contributed by atoms with Gasteiger partial charge in [0.25, 0.3) is 0 Å². The first-order chi connectivity index (χ1) is 9.20. The second-order valence-corrected chi connectivity index (χ2v) is 4.69. The van der Waals surface area contributed by atoms with E-state index in [-0.39, 0.29) is 0 Å². The molecular weight excluding hydrogens is 238 g/mol. The Bertz CT molecular complexity index is 534. The van der Waals surface area contributed by atoms with E-state index >= 15 is 0 Å². The molecule has 0 radical (unpaired) electrons. The Morgan fingerprint density at radius 1 is 1.32 bits per heavy atom. The molecule has 4 heteroatoms. The largest absolute Gasteiger partial charge is 0.496 e. The van der Waals surface area contributed by atoms with Crippen molar-refractivity contribution in [1.29, 1.82) is 0 Å². The number of benzene rings is 1. The van der Waals surface area contributed by atoms with Crippen molar-refractivity contribution in [3.8, 4) is 5.75 Å². The van der Waals surface area contributed by atoms with Gasteiger partial charge in [0.05, 0.1) is 7.11 Å². The molecule has 1 aromatic carbocycles. The Morgan fingerprint density at radius 3 is 2.84 bits per heavy atom. The standard InChI is InChI=1S/C15H21N3O/c1-12-4-5-15(19-3)13(10-12)11-16-8-6-14-7-9-17-18(14)2/h4-5,7,9-10,16H,6,8,11H2,1-3H3. The van der Waals surface area contributed by atoms with Crippen molar-refractivity contribution in [1.82, 2.24) is 15.1 Å². The molecule has 2 rings (SSSR count). The third kappa shape index (κ3) is 3.58. The van der Waals surface area contributed by atoms with Crippen LogP contribution < -0.4 is 10.1 Å². The van der Waals surface area contributed by atoms with Gasteiger partial charge in [0, 0.05) is 44.0 Å². The number of methoxy groups -OCH3 is 1. The molecule has 1 aromatic heterocycles. The van der Waals surface area contributed by atoms with Crippen LogP contribution in [0, 0.1) is 6.92 Å². The maximum atomic E-state index is 5.37. The Kier molecular flexibility index (Phi) is 4.58. The summed E-state index contributed by atoms with van der Waals surface area (Å²) in [6, 6.07) is 8.30. The predicted octanol–water partition coefficient (Wildman–Crippen LogP) is 2.07. The van der Waals surface area contributed by atoms with E-state index in [1.807, 2.05) is 24.0 Å². The van der Waals surface area contributed by atoms with Gasteiger partial charge in [-0.3, -0.25) is 4.68 Å². The van der Waals surface area contributed by atoms with Gasteiger partial charge in [-0.2, -0.15) is 5.10 Å². The second kappa shape index (κ2) is 6.38. The molecule has 102 valence electrons. The summed E-state index contributed by atoms with van der Waals surface area (Å²) in [7, 11) is 3.68. The number of nitrogens with one attached hydrogen (secondary N) is 1. The molecule has 0 bridgehead atoms. The summed E-state index contributed by atoms with van der Waals surface area (Å²) in [6.45, 7) is 3.85. The van der Waals surface area contributed by atoms with Crippen molar-refractivity contribution in [2.24, 2.45) is 7.05 Å². The van der Waals surface area contributed by atoms with Crippen molar-refractivity contribution in [2.45, 2.75) is 19.9 Å². The molecule has 0 fully saturated rings. The Labute approximate surface area is 114 Å². The first kappa shape index (κ1) is 13.6. The highest BCUT2D eigenvalue weighted by Gasteiger charge is 2.03. The predicted molar refractivity (Wildman–Crippen MR) is 76.3 cm³/mol. The van der Waals surface area contributed by atoms with E-state index < -0.39 is 0 Å². The van der Waals surface area contributed by atoms with Crippen molar-refractivity contribution in [3.63, 3.8) is 0 Å². The molecule has 0 aliphatic heterocycles. The molecule has 4 nitrogen and oxygen atoms in total. The SMILES string of the molecule is COc1ccc(C)cc1CNCCc1ccnn1C. The van der Waals surface area contributed by atoms with Gasteiger partial charge in [0.15, 0.2) is 0 Å². The summed E-state index contributed by atoms with van der Waals surface area (Å²) in [5.74, 6) is 0.943. The Hall–Kier alpha value is -1.81. The Morgan fingerprint density at radius 2 is 2.16 bits per heavy atom. The first-order valence-electron chi connectivity index (χ1n) is 6.52. The molecule has 0 amide bonds. The maximum Gasteiger partial charge on any atom is 0.123 e. The van der Waals surface area contributed by atoms with Crippen LogP contribution in [-0.2, 0) is 20.0 Å². The minimum absolute atomic E-state index is 0.822. The van der Waals surface area contributed by atoms with Crippen LogP contribution in [0.2, 0.25) is 0 Å². The van der Waals surface area contributed by atoms with Gasteiger partial charge in [-0.25, -0.2) is 0 Å². The summed E-state index contributed by atoms with van der Waals surface area (Å²) < 4.78 is 7.28. The minimum Gasteiger partial charge on any atom is -0.496 e. The van der Waals surface area contributed by atoms with Crippen molar-refractivity contribution in [3.05, 3.63) is 47.3 Å². The van der Waals surface area contributed by atoms with Crippen LogP contribution in [0.3, 0.4) is 0 Å². The molecule has 1 N–H and O–H groups in total. The molecule has 0 aliphatic rings. The second-order valence-electron chi connectivity index (χ2n) is 4.69. The van der Waals surface area contributed by atoms with Gasteiger partial charge in [0.1, 0.15) is 5.75 Å². The van der Waals surface area contributed by atoms with E-state index in [4.69, 9.17) is 4.74 Å². The first-order valence-corrected chi connectivity index (χ1v) is 6.52. The quantitative estimate of drug-likeness (QED) is 0.807. The van der Waals surface area contributed by atoms with Crippen LogP contribution in [0.1, 0.15) is 16.8 Å². The van der Waals surface area contributed by atoms with Crippen LogP contribution in [0.15, 0.2) is 30.5 Å². The summed E-state index contributed by atoms with van der Waals surface area (Å²) in [6.07, 6.45) is 2.81. The topological polar surface area (TPSA) is 39.1 Å². The zero-order chi connectivity index (χ0) is 13.7. The maximum absolute atomic E-state index is 5.37. The van der Waals surface area contributed by atoms with Gasteiger partial charge in [-0.15, -0.1) is 0 Å².